The number of fused-ring (bicyclic) bond motifs is 3. The van der Waals surface area contributed by atoms with Gasteiger partial charge in [-0.3, -0.25) is 0 Å². The van der Waals surface area contributed by atoms with Gasteiger partial charge in [-0.25, -0.2) is 0 Å². The Hall–Kier alpha value is -6.51. The summed E-state index contributed by atoms with van der Waals surface area (Å²) in [6.07, 6.45) is -13.6. The number of rotatable bonds is 13. The van der Waals surface area contributed by atoms with Gasteiger partial charge in [-0.05, 0) is 125 Å². The molecule has 4 aromatic heterocycles. The molecule has 4 heterocycles. The molecule has 0 aliphatic heterocycles. The molecule has 0 bridgehead atoms. The van der Waals surface area contributed by atoms with E-state index in [1.807, 2.05) is 6.07 Å². The molecule has 1 fully saturated rings. The first kappa shape index (κ1) is 27.5. The maximum atomic E-state index is 9.83. The zero-order valence-electron chi connectivity index (χ0n) is 48.6. The number of aromatic nitrogens is 3. The molecule has 1 saturated carbocycles. The summed E-state index contributed by atoms with van der Waals surface area (Å²) < 4.78 is 148. The van der Waals surface area contributed by atoms with Crippen LogP contribution >= 0.6 is 0 Å². The van der Waals surface area contributed by atoms with Gasteiger partial charge < -0.3 is 19.4 Å². The summed E-state index contributed by atoms with van der Waals surface area (Å²) in [4.78, 5) is 13.4. The van der Waals surface area contributed by atoms with Crippen molar-refractivity contribution in [3.05, 3.63) is 209 Å². The standard InChI is InChI=1S/C57H45N4O.Ir/c58-35-44-23-27-49-50-16-9-17-51(57(50)62-56(49)33-44)55-34-52(45-10-7-8-11-45)48(38-61-55)26-22-43-31-41(20-18-39-24-28-53(59-36-39)46-12-3-1-4-13-46)30-42(32-43)21-19-40-25-29-54(60-37-40)47-14-5-2-6-15-47;/h1-6,9,12,14,16,23-25,27-34,36-38,45H,7-8,10-11,18-22,26H2;/q-3;+3/i18D2,19D2,20D2,21D2,22D2,23D,26D2,33D,45D;. The molecule has 1 aliphatic carbocycles. The van der Waals surface area contributed by atoms with E-state index in [4.69, 9.17) is 7.16 Å². The van der Waals surface area contributed by atoms with Crippen LogP contribution in [0, 0.1) is 29.5 Å². The van der Waals surface area contributed by atoms with Gasteiger partial charge in [0, 0.05) is 41.8 Å². The van der Waals surface area contributed by atoms with Gasteiger partial charge in [0.05, 0.1) is 20.0 Å². The van der Waals surface area contributed by atoms with Crippen molar-refractivity contribution < 1.29 is 45.1 Å². The van der Waals surface area contributed by atoms with Crippen molar-refractivity contribution in [3.8, 4) is 39.8 Å². The Labute approximate surface area is 404 Å². The van der Waals surface area contributed by atoms with E-state index in [1.165, 1.54) is 36.4 Å². The van der Waals surface area contributed by atoms with Crippen LogP contribution in [0.25, 0.3) is 55.7 Å². The van der Waals surface area contributed by atoms with Gasteiger partial charge in [0.25, 0.3) is 0 Å². The molecule has 0 N–H and O–H groups in total. The van der Waals surface area contributed by atoms with Gasteiger partial charge in [-0.1, -0.05) is 78.4 Å². The van der Waals surface area contributed by atoms with Crippen LogP contribution in [-0.2, 0) is 58.3 Å². The van der Waals surface area contributed by atoms with Crippen molar-refractivity contribution in [1.29, 1.82) is 5.26 Å². The van der Waals surface area contributed by atoms with Crippen LogP contribution in [0.5, 0.6) is 0 Å². The van der Waals surface area contributed by atoms with E-state index < -0.39 is 60.8 Å². The third-order valence-corrected chi connectivity index (χ3v) is 10.6. The summed E-state index contributed by atoms with van der Waals surface area (Å²) in [6, 6.07) is 39.2. The molecular weight excluding hydrogens is 949 g/mol. The summed E-state index contributed by atoms with van der Waals surface area (Å²) in [7, 11) is 0. The SMILES string of the molecule is [2H]c1cc2c(oc3c(-c4cc(C5([2H])CCCC5)c(C([2H])([2H])C([2H])([2H])c5cc(C([2H])([2H])C([2H])([2H])c6ccc(-c7[c-]cccc7)nc6)cc(C([2H])([2H])C([2H])([2H])c6ccc(-c7[c-]cccc7)nc6)c5)cn4)[c-]ccc32)c([2H])c1C#N.[Ir+3]. The predicted octanol–water partition coefficient (Wildman–Crippen LogP) is 13.1. The van der Waals surface area contributed by atoms with Gasteiger partial charge in [0.15, 0.2) is 0 Å². The molecule has 308 valence electrons. The van der Waals surface area contributed by atoms with E-state index in [9.17, 15) is 23.1 Å². The average molecular weight is 1010 g/mol. The molecule has 6 heteroatoms. The van der Waals surface area contributed by atoms with E-state index in [0.29, 0.717) is 46.1 Å². The van der Waals surface area contributed by atoms with Crippen molar-refractivity contribution in [2.24, 2.45) is 0 Å². The topological polar surface area (TPSA) is 75.6 Å². The number of hydrogen-bond acceptors (Lipinski definition) is 5. The number of aryl methyl sites for hydroxylation is 6. The van der Waals surface area contributed by atoms with Crippen LogP contribution in [0.1, 0.15) is 96.6 Å². The molecule has 0 radical (unpaired) electrons. The number of nitrogens with zero attached hydrogens (tertiary/aromatic N) is 4. The van der Waals surface area contributed by atoms with Crippen molar-refractivity contribution in [3.63, 3.8) is 0 Å². The van der Waals surface area contributed by atoms with Crippen LogP contribution in [0.3, 0.4) is 0 Å². The van der Waals surface area contributed by atoms with E-state index in [2.05, 4.69) is 33.2 Å². The minimum Gasteiger partial charge on any atom is -0.501 e. The molecule has 10 rings (SSSR count). The van der Waals surface area contributed by atoms with E-state index in [1.54, 1.807) is 60.7 Å². The Balaban J connectivity index is 0.00000740. The first-order chi connectivity index (χ1) is 36.3. The quantitative estimate of drug-likeness (QED) is 0.108. The smallest absolute Gasteiger partial charge is 0.501 e. The third-order valence-electron chi connectivity index (χ3n) is 10.6. The first-order valence-electron chi connectivity index (χ1n) is 27.7. The number of pyridine rings is 3. The molecule has 0 amide bonds. The molecule has 63 heavy (non-hydrogen) atoms. The van der Waals surface area contributed by atoms with Gasteiger partial charge >= 0.3 is 20.1 Å². The minimum absolute atomic E-state index is 0. The maximum absolute atomic E-state index is 9.83. The van der Waals surface area contributed by atoms with Gasteiger partial charge in [0.2, 0.25) is 0 Å². The third kappa shape index (κ3) is 9.47. The Morgan fingerprint density at radius 1 is 0.651 bits per heavy atom. The van der Waals surface area contributed by atoms with E-state index >= 15 is 0 Å². The number of benzene rings is 5. The zero-order chi connectivity index (χ0) is 55.1. The molecule has 5 aromatic carbocycles. The Bertz CT molecular complexity index is 3640. The largest absolute Gasteiger partial charge is 3.00 e. The molecule has 9 aromatic rings. The van der Waals surface area contributed by atoms with Crippen molar-refractivity contribution >= 4 is 21.9 Å². The van der Waals surface area contributed by atoms with Crippen LogP contribution < -0.4 is 0 Å². The fraction of sp³-hybridized carbons (Fsp3) is 0.193. The summed E-state index contributed by atoms with van der Waals surface area (Å²) >= 11 is 0. The second-order valence-corrected chi connectivity index (χ2v) is 14.7. The molecule has 1 aliphatic rings. The molecule has 0 spiro atoms. The minimum atomic E-state index is -3.27. The van der Waals surface area contributed by atoms with Crippen LogP contribution in [0.15, 0.2) is 150 Å². The second kappa shape index (κ2) is 19.3. The van der Waals surface area contributed by atoms with E-state index in [0.717, 1.165) is 36.8 Å². The summed E-state index contributed by atoms with van der Waals surface area (Å²) in [5.41, 5.74) is -0.167. The zero-order valence-corrected chi connectivity index (χ0v) is 36.0. The second-order valence-electron chi connectivity index (χ2n) is 14.7. The maximum Gasteiger partial charge on any atom is 3.00 e. The fourth-order valence-corrected chi connectivity index (χ4v) is 7.55. The molecule has 0 unspecified atom stereocenters. The van der Waals surface area contributed by atoms with Crippen molar-refractivity contribution in [1.82, 2.24) is 15.0 Å². The first-order valence-corrected chi connectivity index (χ1v) is 20.2. The monoisotopic (exact) mass is 1010 g/mol. The fourth-order valence-electron chi connectivity index (χ4n) is 7.55. The van der Waals surface area contributed by atoms with Crippen molar-refractivity contribution in [2.75, 3.05) is 0 Å². The summed E-state index contributed by atoms with van der Waals surface area (Å²) in [5, 5.41) is 10.5. The number of hydrogen-bond donors (Lipinski definition) is 0. The van der Waals surface area contributed by atoms with Gasteiger partial charge in [-0.15, -0.1) is 90.0 Å². The summed E-state index contributed by atoms with van der Waals surface area (Å²) in [5.74, 6) is -1.48. The number of nitriles is 1. The van der Waals surface area contributed by atoms with E-state index in [-0.39, 0.29) is 95.3 Å². The van der Waals surface area contributed by atoms with Crippen LogP contribution in [-0.4, -0.2) is 15.0 Å². The Morgan fingerprint density at radius 2 is 1.25 bits per heavy atom. The predicted molar refractivity (Wildman–Crippen MR) is 247 cm³/mol. The molecule has 0 saturated heterocycles. The van der Waals surface area contributed by atoms with Crippen LogP contribution in [0.2, 0.25) is 0 Å². The van der Waals surface area contributed by atoms with Crippen molar-refractivity contribution in [2.45, 2.75) is 69.8 Å². The Kier molecular flexibility index (Phi) is 8.42. The number of furan rings is 1. The Morgan fingerprint density at radius 3 is 1.83 bits per heavy atom. The summed E-state index contributed by atoms with van der Waals surface area (Å²) in [6.45, 7) is 0. The molecular formula is C57H45IrN4O. The van der Waals surface area contributed by atoms with Gasteiger partial charge in [-0.2, -0.15) is 5.26 Å². The molecule has 0 atom stereocenters. The molecule has 5 nitrogen and oxygen atoms in total. The van der Waals surface area contributed by atoms with Crippen LogP contribution in [0.4, 0.5) is 0 Å². The normalized spacial score (nSPS) is 18.0. The average Bonchev–Trinajstić information content (AvgIpc) is 4.20. The van der Waals surface area contributed by atoms with Gasteiger partial charge in [0.1, 0.15) is 5.58 Å².